The summed E-state index contributed by atoms with van der Waals surface area (Å²) >= 11 is 0. The van der Waals surface area contributed by atoms with Gasteiger partial charge in [-0.3, -0.25) is 0 Å². The zero-order valence-electron chi connectivity index (χ0n) is 11.0. The summed E-state index contributed by atoms with van der Waals surface area (Å²) < 4.78 is 19.2. The van der Waals surface area contributed by atoms with Crippen LogP contribution in [0.1, 0.15) is 13.8 Å². The van der Waals surface area contributed by atoms with Gasteiger partial charge in [-0.2, -0.15) is 15.0 Å². The molecule has 19 heavy (non-hydrogen) atoms. The Labute approximate surface area is 110 Å². The fourth-order valence-electron chi connectivity index (χ4n) is 1.49. The molecule has 0 amide bonds. The zero-order chi connectivity index (χ0) is 13.8. The fourth-order valence-corrected chi connectivity index (χ4v) is 1.49. The maximum Gasteiger partial charge on any atom is 0.322 e. The van der Waals surface area contributed by atoms with Crippen LogP contribution in [0.5, 0.6) is 6.01 Å². The summed E-state index contributed by atoms with van der Waals surface area (Å²) in [4.78, 5) is 12.3. The second-order valence-electron chi connectivity index (χ2n) is 4.16. The van der Waals surface area contributed by atoms with Crippen LogP contribution in [0.2, 0.25) is 0 Å². The number of aromatic nitrogens is 3. The van der Waals surface area contributed by atoms with Gasteiger partial charge in [0.2, 0.25) is 5.95 Å². The van der Waals surface area contributed by atoms with Crippen molar-refractivity contribution >= 4 is 5.95 Å². The largest absolute Gasteiger partial charge is 0.461 e. The van der Waals surface area contributed by atoms with Gasteiger partial charge in [0, 0.05) is 7.05 Å². The summed E-state index contributed by atoms with van der Waals surface area (Å²) in [6.45, 7) is 3.73. The van der Waals surface area contributed by atoms with Crippen molar-refractivity contribution in [2.75, 3.05) is 12.4 Å². The van der Waals surface area contributed by atoms with Crippen molar-refractivity contribution in [3.8, 4) is 17.4 Å². The number of ether oxygens (including phenoxy) is 1. The lowest BCUT2D eigenvalue weighted by atomic mass is 10.2. The molecule has 1 aromatic heterocycles. The van der Waals surface area contributed by atoms with E-state index in [4.69, 9.17) is 4.74 Å². The summed E-state index contributed by atoms with van der Waals surface area (Å²) in [5.41, 5.74) is 0.315. The van der Waals surface area contributed by atoms with Gasteiger partial charge in [-0.15, -0.1) is 0 Å². The molecule has 1 aromatic carbocycles. The van der Waals surface area contributed by atoms with Crippen LogP contribution in [-0.2, 0) is 0 Å². The second kappa shape index (κ2) is 5.60. The van der Waals surface area contributed by atoms with E-state index in [2.05, 4.69) is 20.3 Å². The predicted octanol–water partition coefficient (Wildman–Crippen LogP) is 2.51. The highest BCUT2D eigenvalue weighted by atomic mass is 19.1. The fraction of sp³-hybridized carbons (Fsp3) is 0.308. The van der Waals surface area contributed by atoms with Gasteiger partial charge in [0.1, 0.15) is 5.82 Å². The van der Waals surface area contributed by atoms with Crippen LogP contribution in [0.15, 0.2) is 24.3 Å². The Hall–Kier alpha value is -2.24. The average molecular weight is 262 g/mol. The molecule has 0 atom stereocenters. The molecule has 0 aliphatic rings. The van der Waals surface area contributed by atoms with E-state index >= 15 is 0 Å². The Morgan fingerprint density at radius 1 is 1.16 bits per heavy atom. The quantitative estimate of drug-likeness (QED) is 0.917. The lowest BCUT2D eigenvalue weighted by molar-refractivity contribution is 0.222. The van der Waals surface area contributed by atoms with Crippen LogP contribution in [0, 0.1) is 5.82 Å². The molecule has 6 heteroatoms. The Balaban J connectivity index is 2.48. The summed E-state index contributed by atoms with van der Waals surface area (Å²) in [7, 11) is 1.68. The van der Waals surface area contributed by atoms with Gasteiger partial charge in [0.25, 0.3) is 0 Å². The number of hydrogen-bond acceptors (Lipinski definition) is 5. The van der Waals surface area contributed by atoms with Crippen LogP contribution in [0.3, 0.4) is 0 Å². The van der Waals surface area contributed by atoms with Crippen LogP contribution in [0.25, 0.3) is 11.4 Å². The first-order valence-electron chi connectivity index (χ1n) is 5.95. The van der Waals surface area contributed by atoms with Gasteiger partial charge in [-0.05, 0) is 26.0 Å². The number of halogens is 1. The van der Waals surface area contributed by atoms with E-state index in [1.165, 1.54) is 6.07 Å². The highest BCUT2D eigenvalue weighted by Crippen LogP contribution is 2.21. The summed E-state index contributed by atoms with van der Waals surface area (Å²) in [5.74, 6) is 0.197. The molecule has 0 unspecified atom stereocenters. The first kappa shape index (κ1) is 13.2. The van der Waals surface area contributed by atoms with E-state index in [0.717, 1.165) is 0 Å². The van der Waals surface area contributed by atoms with Gasteiger partial charge in [-0.1, -0.05) is 12.1 Å². The number of hydrogen-bond donors (Lipinski definition) is 1. The minimum atomic E-state index is -0.383. The van der Waals surface area contributed by atoms with E-state index in [1.54, 1.807) is 25.2 Å². The molecule has 1 N–H and O–H groups in total. The Morgan fingerprint density at radius 3 is 2.53 bits per heavy atom. The lowest BCUT2D eigenvalue weighted by Gasteiger charge is -2.10. The van der Waals surface area contributed by atoms with E-state index in [-0.39, 0.29) is 23.8 Å². The highest BCUT2D eigenvalue weighted by Gasteiger charge is 2.12. The third kappa shape index (κ3) is 3.15. The van der Waals surface area contributed by atoms with Crippen LogP contribution in [-0.4, -0.2) is 28.1 Å². The second-order valence-corrected chi connectivity index (χ2v) is 4.16. The average Bonchev–Trinajstić information content (AvgIpc) is 2.38. The predicted molar refractivity (Wildman–Crippen MR) is 70.5 cm³/mol. The number of nitrogens with one attached hydrogen (secondary N) is 1. The van der Waals surface area contributed by atoms with Gasteiger partial charge < -0.3 is 10.1 Å². The number of nitrogens with zero attached hydrogens (tertiary/aromatic N) is 3. The molecule has 100 valence electrons. The van der Waals surface area contributed by atoms with Gasteiger partial charge in [0.15, 0.2) is 5.82 Å². The molecule has 2 rings (SSSR count). The lowest BCUT2D eigenvalue weighted by Crippen LogP contribution is -2.11. The molecule has 1 heterocycles. The maximum atomic E-state index is 13.7. The van der Waals surface area contributed by atoms with Gasteiger partial charge >= 0.3 is 6.01 Å². The van der Waals surface area contributed by atoms with E-state index in [0.29, 0.717) is 11.5 Å². The Kier molecular flexibility index (Phi) is 3.89. The molecule has 2 aromatic rings. The maximum absolute atomic E-state index is 13.7. The number of benzene rings is 1. The first-order valence-corrected chi connectivity index (χ1v) is 5.95. The molecular weight excluding hydrogens is 247 g/mol. The molecular formula is C13H15FN4O. The topological polar surface area (TPSA) is 59.9 Å². The molecule has 5 nitrogen and oxygen atoms in total. The van der Waals surface area contributed by atoms with Gasteiger partial charge in [-0.25, -0.2) is 4.39 Å². The molecule has 0 aliphatic carbocycles. The molecule has 0 spiro atoms. The summed E-state index contributed by atoms with van der Waals surface area (Å²) in [5, 5.41) is 2.81. The van der Waals surface area contributed by atoms with Crippen LogP contribution < -0.4 is 10.1 Å². The van der Waals surface area contributed by atoms with Crippen molar-refractivity contribution in [3.63, 3.8) is 0 Å². The number of rotatable bonds is 4. The summed E-state index contributed by atoms with van der Waals surface area (Å²) in [6.07, 6.45) is -0.0689. The monoisotopic (exact) mass is 262 g/mol. The van der Waals surface area contributed by atoms with Crippen LogP contribution in [0.4, 0.5) is 10.3 Å². The standard InChI is InChI=1S/C13H15FN4O/c1-8(2)19-13-17-11(16-12(15-3)18-13)9-6-4-5-7-10(9)14/h4-8H,1-3H3,(H,15,16,17,18). The Morgan fingerprint density at radius 2 is 1.89 bits per heavy atom. The van der Waals surface area contributed by atoms with E-state index in [1.807, 2.05) is 13.8 Å². The summed E-state index contributed by atoms with van der Waals surface area (Å²) in [6, 6.07) is 6.49. The third-order valence-corrected chi connectivity index (χ3v) is 2.29. The molecule has 0 fully saturated rings. The van der Waals surface area contributed by atoms with Gasteiger partial charge in [0.05, 0.1) is 11.7 Å². The van der Waals surface area contributed by atoms with Crippen molar-refractivity contribution in [3.05, 3.63) is 30.1 Å². The van der Waals surface area contributed by atoms with Crippen molar-refractivity contribution in [2.24, 2.45) is 0 Å². The molecule has 0 saturated carbocycles. The van der Waals surface area contributed by atoms with Crippen molar-refractivity contribution in [1.29, 1.82) is 0 Å². The zero-order valence-corrected chi connectivity index (χ0v) is 11.0. The normalized spacial score (nSPS) is 10.6. The molecule has 0 radical (unpaired) electrons. The van der Waals surface area contributed by atoms with Crippen molar-refractivity contribution < 1.29 is 9.13 Å². The van der Waals surface area contributed by atoms with Crippen LogP contribution >= 0.6 is 0 Å². The smallest absolute Gasteiger partial charge is 0.322 e. The Bertz CT molecular complexity index is 574. The van der Waals surface area contributed by atoms with E-state index in [9.17, 15) is 4.39 Å². The first-order chi connectivity index (χ1) is 9.10. The number of anilines is 1. The van der Waals surface area contributed by atoms with E-state index < -0.39 is 0 Å². The molecule has 0 aliphatic heterocycles. The third-order valence-electron chi connectivity index (χ3n) is 2.29. The molecule has 0 bridgehead atoms. The minimum Gasteiger partial charge on any atom is -0.461 e. The highest BCUT2D eigenvalue weighted by molar-refractivity contribution is 5.57. The molecule has 0 saturated heterocycles. The van der Waals surface area contributed by atoms with Crippen molar-refractivity contribution in [2.45, 2.75) is 20.0 Å². The SMILES string of the molecule is CNc1nc(OC(C)C)nc(-c2ccccc2F)n1. The minimum absolute atomic E-state index is 0.0689. The van der Waals surface area contributed by atoms with Crippen molar-refractivity contribution in [1.82, 2.24) is 15.0 Å².